The second kappa shape index (κ2) is 6.87. The quantitative estimate of drug-likeness (QED) is 0.737. The molecule has 27 heavy (non-hydrogen) atoms. The van der Waals surface area contributed by atoms with Crippen LogP contribution in [0.25, 0.3) is 11.1 Å². The number of carbonyl (C=O) groups is 2. The molecule has 2 N–H and O–H groups in total. The van der Waals surface area contributed by atoms with E-state index >= 15 is 0 Å². The lowest BCUT2D eigenvalue weighted by molar-refractivity contribution is 0.0691. The number of anilines is 1. The number of nitrogens with zero attached hydrogens (tertiary/aromatic N) is 2. The molecule has 0 spiro atoms. The van der Waals surface area contributed by atoms with Gasteiger partial charge in [0.05, 0.1) is 0 Å². The number of hydrogen-bond acceptors (Lipinski definition) is 5. The van der Waals surface area contributed by atoms with Gasteiger partial charge in [0.1, 0.15) is 6.61 Å². The highest BCUT2D eigenvalue weighted by molar-refractivity contribution is 5.95. The number of carbonyl (C=O) groups excluding carboxylic acids is 1. The number of amides is 1. The van der Waals surface area contributed by atoms with Crippen molar-refractivity contribution in [3.8, 4) is 11.1 Å². The molecule has 0 saturated carbocycles. The van der Waals surface area contributed by atoms with Gasteiger partial charge in [-0.2, -0.15) is 0 Å². The van der Waals surface area contributed by atoms with Crippen LogP contribution >= 0.6 is 0 Å². The van der Waals surface area contributed by atoms with E-state index in [0.29, 0.717) is 0 Å². The van der Waals surface area contributed by atoms with E-state index in [1.54, 1.807) is 0 Å². The molecular weight excluding hydrogens is 346 g/mol. The molecule has 1 aliphatic rings. The maximum atomic E-state index is 12.2. The average Bonchev–Trinajstić information content (AvgIpc) is 3.00. The van der Waals surface area contributed by atoms with E-state index < -0.39 is 12.1 Å². The standard InChI is InChI=1S/C20H15N3O4/c24-19(25)17-18(22-10-9-21-17)23-20(26)27-11-16-14-7-3-1-5-12(14)13-6-2-4-8-15(13)16/h1-10,16H,11H2,(H,24,25)(H,22,23,26). The fourth-order valence-corrected chi connectivity index (χ4v) is 3.32. The van der Waals surface area contributed by atoms with Crippen LogP contribution in [-0.2, 0) is 4.74 Å². The van der Waals surface area contributed by atoms with E-state index in [4.69, 9.17) is 9.84 Å². The average molecular weight is 361 g/mol. The molecule has 2 aromatic carbocycles. The smallest absolute Gasteiger partial charge is 0.412 e. The summed E-state index contributed by atoms with van der Waals surface area (Å²) in [4.78, 5) is 30.9. The van der Waals surface area contributed by atoms with E-state index in [0.717, 1.165) is 22.3 Å². The lowest BCUT2D eigenvalue weighted by atomic mass is 9.98. The maximum absolute atomic E-state index is 12.2. The first-order chi connectivity index (χ1) is 13.1. The zero-order valence-corrected chi connectivity index (χ0v) is 14.1. The summed E-state index contributed by atoms with van der Waals surface area (Å²) in [7, 11) is 0. The first-order valence-corrected chi connectivity index (χ1v) is 8.31. The van der Waals surface area contributed by atoms with Crippen molar-refractivity contribution in [2.45, 2.75) is 5.92 Å². The van der Waals surface area contributed by atoms with Gasteiger partial charge < -0.3 is 9.84 Å². The van der Waals surface area contributed by atoms with Gasteiger partial charge in [-0.1, -0.05) is 48.5 Å². The molecule has 1 heterocycles. The monoisotopic (exact) mass is 361 g/mol. The summed E-state index contributed by atoms with van der Waals surface area (Å²) in [6.45, 7) is 0.128. The summed E-state index contributed by atoms with van der Waals surface area (Å²) in [6, 6.07) is 16.0. The first-order valence-electron chi connectivity index (χ1n) is 8.31. The fraction of sp³-hybridized carbons (Fsp3) is 0.100. The molecular formula is C20H15N3O4. The number of aromatic carboxylic acids is 1. The van der Waals surface area contributed by atoms with E-state index in [-0.39, 0.29) is 24.0 Å². The van der Waals surface area contributed by atoms with E-state index in [1.807, 2.05) is 48.5 Å². The molecule has 0 saturated heterocycles. The molecule has 0 fully saturated rings. The number of carboxylic acid groups (broad SMARTS) is 1. The van der Waals surface area contributed by atoms with Crippen LogP contribution in [0.3, 0.4) is 0 Å². The summed E-state index contributed by atoms with van der Waals surface area (Å²) >= 11 is 0. The van der Waals surface area contributed by atoms with Crippen molar-refractivity contribution in [1.29, 1.82) is 0 Å². The van der Waals surface area contributed by atoms with Gasteiger partial charge in [0.25, 0.3) is 0 Å². The molecule has 1 amide bonds. The number of hydrogen-bond donors (Lipinski definition) is 2. The van der Waals surface area contributed by atoms with Crippen LogP contribution in [0.5, 0.6) is 0 Å². The zero-order chi connectivity index (χ0) is 18.8. The van der Waals surface area contributed by atoms with E-state index in [2.05, 4.69) is 15.3 Å². The third-order valence-electron chi connectivity index (χ3n) is 4.46. The van der Waals surface area contributed by atoms with Gasteiger partial charge in [0.2, 0.25) is 0 Å². The Bertz CT molecular complexity index is 989. The van der Waals surface area contributed by atoms with Crippen molar-refractivity contribution in [1.82, 2.24) is 9.97 Å². The van der Waals surface area contributed by atoms with Gasteiger partial charge in [-0.3, -0.25) is 5.32 Å². The van der Waals surface area contributed by atoms with E-state index in [9.17, 15) is 9.59 Å². The fourth-order valence-electron chi connectivity index (χ4n) is 3.32. The van der Waals surface area contributed by atoms with Crippen LogP contribution in [0.15, 0.2) is 60.9 Å². The summed E-state index contributed by atoms with van der Waals surface area (Å²) in [5.41, 5.74) is 4.11. The molecule has 0 aliphatic heterocycles. The van der Waals surface area contributed by atoms with Crippen molar-refractivity contribution < 1.29 is 19.4 Å². The maximum Gasteiger partial charge on any atom is 0.412 e. The van der Waals surface area contributed by atoms with Crippen LogP contribution < -0.4 is 5.32 Å². The highest BCUT2D eigenvalue weighted by Gasteiger charge is 2.29. The Balaban J connectivity index is 1.51. The summed E-state index contributed by atoms with van der Waals surface area (Å²) < 4.78 is 5.37. The molecule has 3 aromatic rings. The van der Waals surface area contributed by atoms with Gasteiger partial charge >= 0.3 is 12.1 Å². The topological polar surface area (TPSA) is 101 Å². The van der Waals surface area contributed by atoms with Gasteiger partial charge in [-0.25, -0.2) is 19.6 Å². The normalized spacial score (nSPS) is 12.1. The number of aromatic nitrogens is 2. The Morgan fingerprint density at radius 2 is 1.56 bits per heavy atom. The molecule has 0 radical (unpaired) electrons. The molecule has 4 rings (SSSR count). The number of carboxylic acids is 1. The predicted molar refractivity (Wildman–Crippen MR) is 97.7 cm³/mol. The van der Waals surface area contributed by atoms with Crippen molar-refractivity contribution >= 4 is 17.9 Å². The van der Waals surface area contributed by atoms with E-state index in [1.165, 1.54) is 12.4 Å². The number of rotatable bonds is 4. The second-order valence-electron chi connectivity index (χ2n) is 6.01. The predicted octanol–water partition coefficient (Wildman–Crippen LogP) is 3.54. The van der Waals surface area contributed by atoms with Gasteiger partial charge in [0.15, 0.2) is 11.5 Å². The molecule has 1 aromatic heterocycles. The highest BCUT2D eigenvalue weighted by atomic mass is 16.5. The highest BCUT2D eigenvalue weighted by Crippen LogP contribution is 2.44. The Labute approximate surface area is 154 Å². The Morgan fingerprint density at radius 1 is 0.963 bits per heavy atom. The minimum Gasteiger partial charge on any atom is -0.476 e. The van der Waals surface area contributed by atoms with Crippen LogP contribution in [0.2, 0.25) is 0 Å². The van der Waals surface area contributed by atoms with Crippen molar-refractivity contribution in [3.63, 3.8) is 0 Å². The molecule has 7 heteroatoms. The Morgan fingerprint density at radius 3 is 2.19 bits per heavy atom. The number of benzene rings is 2. The minimum atomic E-state index is -1.28. The Hall–Kier alpha value is -3.74. The largest absolute Gasteiger partial charge is 0.476 e. The van der Waals surface area contributed by atoms with Crippen LogP contribution in [0.1, 0.15) is 27.5 Å². The summed E-state index contributed by atoms with van der Waals surface area (Å²) in [5.74, 6) is -1.51. The summed E-state index contributed by atoms with van der Waals surface area (Å²) in [5, 5.41) is 11.5. The molecule has 1 aliphatic carbocycles. The molecule has 0 bridgehead atoms. The minimum absolute atomic E-state index is 0.0797. The van der Waals surface area contributed by atoms with Crippen molar-refractivity contribution in [3.05, 3.63) is 77.7 Å². The molecule has 7 nitrogen and oxygen atoms in total. The van der Waals surface area contributed by atoms with Crippen LogP contribution in [0, 0.1) is 0 Å². The molecule has 134 valence electrons. The third kappa shape index (κ3) is 3.10. The third-order valence-corrected chi connectivity index (χ3v) is 4.46. The van der Waals surface area contributed by atoms with Gasteiger partial charge in [-0.05, 0) is 22.3 Å². The molecule has 0 unspecified atom stereocenters. The number of ether oxygens (including phenoxy) is 1. The number of fused-ring (bicyclic) bond motifs is 3. The summed E-state index contributed by atoms with van der Waals surface area (Å²) in [6.07, 6.45) is 1.76. The zero-order valence-electron chi connectivity index (χ0n) is 14.1. The van der Waals surface area contributed by atoms with Crippen LogP contribution in [-0.4, -0.2) is 33.7 Å². The SMILES string of the molecule is O=C(Nc1nccnc1C(=O)O)OCC1c2ccccc2-c2ccccc21. The Kier molecular flexibility index (Phi) is 4.25. The van der Waals surface area contributed by atoms with Crippen LogP contribution in [0.4, 0.5) is 10.6 Å². The van der Waals surface area contributed by atoms with Crippen molar-refractivity contribution in [2.24, 2.45) is 0 Å². The van der Waals surface area contributed by atoms with Crippen molar-refractivity contribution in [2.75, 3.05) is 11.9 Å². The first kappa shape index (κ1) is 16.7. The second-order valence-corrected chi connectivity index (χ2v) is 6.01. The number of nitrogens with one attached hydrogen (secondary N) is 1. The lowest BCUT2D eigenvalue weighted by Crippen LogP contribution is -2.20. The van der Waals surface area contributed by atoms with Gasteiger partial charge in [-0.15, -0.1) is 0 Å². The molecule has 0 atom stereocenters. The van der Waals surface area contributed by atoms with Gasteiger partial charge in [0, 0.05) is 18.3 Å². The lowest BCUT2D eigenvalue weighted by Gasteiger charge is -2.14.